The predicted octanol–water partition coefficient (Wildman–Crippen LogP) is 3.99. The number of hydrogen-bond acceptors (Lipinski definition) is 3. The molecule has 2 aromatic carbocycles. The van der Waals surface area contributed by atoms with Crippen LogP contribution in [0.5, 0.6) is 0 Å². The Morgan fingerprint density at radius 2 is 1.81 bits per heavy atom. The number of aliphatic hydroxyl groups excluding tert-OH is 1. The Morgan fingerprint density at radius 1 is 1.10 bits per heavy atom. The number of hydrogen-bond donors (Lipinski definition) is 2. The van der Waals surface area contributed by atoms with Crippen molar-refractivity contribution < 1.29 is 5.11 Å². The fourth-order valence-electron chi connectivity index (χ4n) is 2.45. The van der Waals surface area contributed by atoms with Crippen molar-refractivity contribution in [2.45, 2.75) is 38.2 Å². The fourth-order valence-corrected chi connectivity index (χ4v) is 3.52. The SMILES string of the molecule is CCNC(CSC(C)C(C)O)c1cccc2ccccc12. The Bertz CT molecular complexity index is 565. The largest absolute Gasteiger partial charge is 0.392 e. The van der Waals surface area contributed by atoms with Crippen LogP contribution in [-0.4, -0.2) is 28.8 Å². The Kier molecular flexibility index (Phi) is 6.09. The number of aliphatic hydroxyl groups is 1. The summed E-state index contributed by atoms with van der Waals surface area (Å²) >= 11 is 1.82. The lowest BCUT2D eigenvalue weighted by atomic mass is 9.99. The average molecular weight is 303 g/mol. The molecular formula is C18H25NOS. The summed E-state index contributed by atoms with van der Waals surface area (Å²) in [6.07, 6.45) is -0.273. The second-order valence-electron chi connectivity index (χ2n) is 5.46. The molecule has 3 atom stereocenters. The van der Waals surface area contributed by atoms with Crippen molar-refractivity contribution in [3.8, 4) is 0 Å². The Morgan fingerprint density at radius 3 is 2.52 bits per heavy atom. The summed E-state index contributed by atoms with van der Waals surface area (Å²) in [5, 5.41) is 16.1. The first-order valence-electron chi connectivity index (χ1n) is 7.64. The van der Waals surface area contributed by atoms with E-state index in [1.165, 1.54) is 16.3 Å². The summed E-state index contributed by atoms with van der Waals surface area (Å²) < 4.78 is 0. The Hall–Kier alpha value is -1.03. The molecule has 2 N–H and O–H groups in total. The van der Waals surface area contributed by atoms with Crippen molar-refractivity contribution in [2.75, 3.05) is 12.3 Å². The zero-order valence-corrected chi connectivity index (χ0v) is 13.9. The predicted molar refractivity (Wildman–Crippen MR) is 94.0 cm³/mol. The molecule has 21 heavy (non-hydrogen) atoms. The van der Waals surface area contributed by atoms with Gasteiger partial charge in [0, 0.05) is 17.0 Å². The minimum absolute atomic E-state index is 0.251. The van der Waals surface area contributed by atoms with Gasteiger partial charge in [0.2, 0.25) is 0 Å². The van der Waals surface area contributed by atoms with Gasteiger partial charge in [0.25, 0.3) is 0 Å². The van der Waals surface area contributed by atoms with Crippen LogP contribution in [-0.2, 0) is 0 Å². The molecule has 2 aromatic rings. The monoisotopic (exact) mass is 303 g/mol. The van der Waals surface area contributed by atoms with Crippen molar-refractivity contribution in [3.05, 3.63) is 48.0 Å². The summed E-state index contributed by atoms with van der Waals surface area (Å²) in [4.78, 5) is 0. The maximum atomic E-state index is 9.66. The smallest absolute Gasteiger partial charge is 0.0628 e. The van der Waals surface area contributed by atoms with E-state index >= 15 is 0 Å². The van der Waals surface area contributed by atoms with Crippen molar-refractivity contribution in [1.82, 2.24) is 5.32 Å². The zero-order chi connectivity index (χ0) is 15.2. The van der Waals surface area contributed by atoms with Crippen molar-refractivity contribution in [3.63, 3.8) is 0 Å². The minimum Gasteiger partial charge on any atom is -0.392 e. The summed E-state index contributed by atoms with van der Waals surface area (Å²) in [7, 11) is 0. The van der Waals surface area contributed by atoms with Gasteiger partial charge in [0.1, 0.15) is 0 Å². The van der Waals surface area contributed by atoms with E-state index in [2.05, 4.69) is 61.6 Å². The van der Waals surface area contributed by atoms with Gasteiger partial charge in [0.05, 0.1) is 6.10 Å². The molecule has 0 fully saturated rings. The van der Waals surface area contributed by atoms with E-state index in [1.807, 2.05) is 18.7 Å². The molecule has 0 radical (unpaired) electrons. The van der Waals surface area contributed by atoms with Crippen LogP contribution in [0.1, 0.15) is 32.4 Å². The van der Waals surface area contributed by atoms with E-state index in [4.69, 9.17) is 0 Å². The molecular weight excluding hydrogens is 278 g/mol. The molecule has 0 aliphatic heterocycles. The van der Waals surface area contributed by atoms with Gasteiger partial charge >= 0.3 is 0 Å². The van der Waals surface area contributed by atoms with Crippen LogP contribution in [0.25, 0.3) is 10.8 Å². The first-order chi connectivity index (χ1) is 10.1. The molecule has 0 heterocycles. The molecule has 114 valence electrons. The lowest BCUT2D eigenvalue weighted by Gasteiger charge is -2.22. The molecule has 0 saturated heterocycles. The molecule has 0 aliphatic carbocycles. The fraction of sp³-hybridized carbons (Fsp3) is 0.444. The molecule has 0 aliphatic rings. The van der Waals surface area contributed by atoms with Crippen LogP contribution in [0.3, 0.4) is 0 Å². The molecule has 2 rings (SSSR count). The number of nitrogens with one attached hydrogen (secondary N) is 1. The van der Waals surface area contributed by atoms with E-state index in [-0.39, 0.29) is 11.4 Å². The van der Waals surface area contributed by atoms with Gasteiger partial charge in [0.15, 0.2) is 0 Å². The van der Waals surface area contributed by atoms with Gasteiger partial charge in [-0.3, -0.25) is 0 Å². The number of fused-ring (bicyclic) bond motifs is 1. The van der Waals surface area contributed by atoms with Crippen LogP contribution in [0.4, 0.5) is 0 Å². The Labute approximate surface area is 131 Å². The number of benzene rings is 2. The van der Waals surface area contributed by atoms with E-state index in [0.717, 1.165) is 12.3 Å². The first kappa shape index (κ1) is 16.3. The van der Waals surface area contributed by atoms with Crippen LogP contribution in [0, 0.1) is 0 Å². The third-order valence-corrected chi connectivity index (χ3v) is 5.30. The third-order valence-electron chi connectivity index (χ3n) is 3.85. The minimum atomic E-state index is -0.273. The highest BCUT2D eigenvalue weighted by molar-refractivity contribution is 7.99. The lowest BCUT2D eigenvalue weighted by Crippen LogP contribution is -2.25. The van der Waals surface area contributed by atoms with Crippen molar-refractivity contribution in [2.24, 2.45) is 0 Å². The van der Waals surface area contributed by atoms with E-state index in [0.29, 0.717) is 6.04 Å². The average Bonchev–Trinajstić information content (AvgIpc) is 2.50. The van der Waals surface area contributed by atoms with Gasteiger partial charge < -0.3 is 10.4 Å². The van der Waals surface area contributed by atoms with Crippen LogP contribution < -0.4 is 5.32 Å². The van der Waals surface area contributed by atoms with Gasteiger partial charge in [-0.2, -0.15) is 11.8 Å². The molecule has 3 heteroatoms. The molecule has 0 saturated carbocycles. The van der Waals surface area contributed by atoms with Crippen LogP contribution in [0.15, 0.2) is 42.5 Å². The maximum absolute atomic E-state index is 9.66. The van der Waals surface area contributed by atoms with E-state index < -0.39 is 0 Å². The van der Waals surface area contributed by atoms with Crippen LogP contribution in [0.2, 0.25) is 0 Å². The van der Waals surface area contributed by atoms with Crippen molar-refractivity contribution >= 4 is 22.5 Å². The first-order valence-corrected chi connectivity index (χ1v) is 8.69. The molecule has 0 aromatic heterocycles. The number of rotatable bonds is 7. The van der Waals surface area contributed by atoms with Crippen LogP contribution >= 0.6 is 11.8 Å². The lowest BCUT2D eigenvalue weighted by molar-refractivity contribution is 0.196. The summed E-state index contributed by atoms with van der Waals surface area (Å²) in [6, 6.07) is 15.3. The van der Waals surface area contributed by atoms with Gasteiger partial charge in [-0.15, -0.1) is 0 Å². The third kappa shape index (κ3) is 4.22. The summed E-state index contributed by atoms with van der Waals surface area (Å²) in [5.41, 5.74) is 1.35. The van der Waals surface area contributed by atoms with E-state index in [9.17, 15) is 5.11 Å². The maximum Gasteiger partial charge on any atom is 0.0628 e. The standard InChI is InChI=1S/C18H25NOS/c1-4-19-18(12-21-14(3)13(2)20)17-11-7-9-15-8-5-6-10-16(15)17/h5-11,13-14,18-20H,4,12H2,1-3H3. The van der Waals surface area contributed by atoms with Crippen molar-refractivity contribution in [1.29, 1.82) is 0 Å². The summed E-state index contributed by atoms with van der Waals surface area (Å²) in [6.45, 7) is 7.03. The Balaban J connectivity index is 2.23. The number of thioether (sulfide) groups is 1. The normalized spacial score (nSPS) is 15.8. The topological polar surface area (TPSA) is 32.3 Å². The van der Waals surface area contributed by atoms with Gasteiger partial charge in [-0.25, -0.2) is 0 Å². The molecule has 0 amide bonds. The molecule has 3 unspecified atom stereocenters. The molecule has 0 spiro atoms. The second kappa shape index (κ2) is 7.83. The quantitative estimate of drug-likeness (QED) is 0.811. The highest BCUT2D eigenvalue weighted by Crippen LogP contribution is 2.28. The van der Waals surface area contributed by atoms with E-state index in [1.54, 1.807) is 0 Å². The van der Waals surface area contributed by atoms with Gasteiger partial charge in [-0.1, -0.05) is 56.3 Å². The zero-order valence-electron chi connectivity index (χ0n) is 13.0. The summed E-state index contributed by atoms with van der Waals surface area (Å²) in [5.74, 6) is 0.966. The molecule has 0 bridgehead atoms. The highest BCUT2D eigenvalue weighted by atomic mass is 32.2. The highest BCUT2D eigenvalue weighted by Gasteiger charge is 2.16. The second-order valence-corrected chi connectivity index (χ2v) is 6.87. The van der Waals surface area contributed by atoms with Gasteiger partial charge in [-0.05, 0) is 29.8 Å². The molecule has 2 nitrogen and oxygen atoms in total.